The van der Waals surface area contributed by atoms with Crippen molar-refractivity contribution in [1.29, 1.82) is 0 Å². The highest BCUT2D eigenvalue weighted by molar-refractivity contribution is 14.0. The maximum absolute atomic E-state index is 4.68. The van der Waals surface area contributed by atoms with Gasteiger partial charge in [-0.15, -0.1) is 24.0 Å². The molecule has 94 valence electrons. The van der Waals surface area contributed by atoms with Crippen LogP contribution >= 0.6 is 24.0 Å². The van der Waals surface area contributed by atoms with Crippen LogP contribution in [0.1, 0.15) is 38.2 Å². The minimum Gasteiger partial charge on any atom is -0.293 e. The van der Waals surface area contributed by atoms with Gasteiger partial charge in [-0.25, -0.2) is 0 Å². The maximum atomic E-state index is 4.68. The van der Waals surface area contributed by atoms with E-state index in [4.69, 9.17) is 0 Å². The lowest BCUT2D eigenvalue weighted by Gasteiger charge is -2.12. The molecule has 0 saturated carbocycles. The second kappa shape index (κ2) is 7.85. The zero-order valence-corrected chi connectivity index (χ0v) is 12.9. The van der Waals surface area contributed by atoms with E-state index in [1.165, 1.54) is 37.0 Å². The first kappa shape index (κ1) is 14.7. The summed E-state index contributed by atoms with van der Waals surface area (Å²) in [6, 6.07) is 10.7. The smallest absolute Gasteiger partial charge is 0.0395 e. The Kier molecular flexibility index (Phi) is 6.78. The van der Waals surface area contributed by atoms with Crippen molar-refractivity contribution < 1.29 is 0 Å². The molecule has 0 fully saturated rings. The van der Waals surface area contributed by atoms with E-state index in [-0.39, 0.29) is 24.0 Å². The summed E-state index contributed by atoms with van der Waals surface area (Å²) in [5.74, 6) is 0.764. The van der Waals surface area contributed by atoms with Gasteiger partial charge in [0.1, 0.15) is 0 Å². The van der Waals surface area contributed by atoms with Crippen LogP contribution in [0.4, 0.5) is 0 Å². The fraction of sp³-hybridized carbons (Fsp3) is 0.533. The quantitative estimate of drug-likeness (QED) is 0.698. The van der Waals surface area contributed by atoms with Crippen LogP contribution in [0.3, 0.4) is 0 Å². The number of unbranched alkanes of at least 4 members (excludes halogenated alkanes) is 1. The summed E-state index contributed by atoms with van der Waals surface area (Å²) >= 11 is 0. The van der Waals surface area contributed by atoms with Crippen LogP contribution in [0.2, 0.25) is 0 Å². The fourth-order valence-electron chi connectivity index (χ4n) is 2.43. The topological polar surface area (TPSA) is 12.4 Å². The summed E-state index contributed by atoms with van der Waals surface area (Å²) in [6.45, 7) is 3.32. The number of aliphatic imine (C=N–C) groups is 1. The molecule has 1 nitrogen and oxygen atoms in total. The van der Waals surface area contributed by atoms with Crippen molar-refractivity contribution >= 4 is 29.7 Å². The highest BCUT2D eigenvalue weighted by atomic mass is 127. The lowest BCUT2D eigenvalue weighted by molar-refractivity contribution is 0.574. The summed E-state index contributed by atoms with van der Waals surface area (Å²) in [7, 11) is 0. The van der Waals surface area contributed by atoms with Crippen molar-refractivity contribution in [2.24, 2.45) is 10.9 Å². The van der Waals surface area contributed by atoms with Crippen LogP contribution in [0, 0.1) is 5.92 Å². The van der Waals surface area contributed by atoms with Crippen LogP contribution in [-0.2, 0) is 6.42 Å². The molecule has 1 atom stereocenters. The van der Waals surface area contributed by atoms with Gasteiger partial charge in [-0.3, -0.25) is 4.99 Å². The Morgan fingerprint density at radius 1 is 1.24 bits per heavy atom. The van der Waals surface area contributed by atoms with Crippen molar-refractivity contribution in [3.8, 4) is 0 Å². The zero-order valence-electron chi connectivity index (χ0n) is 10.6. The first-order chi connectivity index (χ1) is 7.90. The van der Waals surface area contributed by atoms with Crippen LogP contribution in [0.25, 0.3) is 0 Å². The molecule has 0 bridgehead atoms. The minimum atomic E-state index is 0. The number of hydrogen-bond acceptors (Lipinski definition) is 1. The SMILES string of the molecule is CCCCC1CCN=C1Cc1ccccc1.I. The molecule has 2 heteroatoms. The molecule has 1 heterocycles. The number of nitrogens with zero attached hydrogens (tertiary/aromatic N) is 1. The first-order valence-electron chi connectivity index (χ1n) is 6.47. The monoisotopic (exact) mass is 343 g/mol. The molecule has 17 heavy (non-hydrogen) atoms. The molecule has 0 saturated heterocycles. The Morgan fingerprint density at radius 3 is 2.71 bits per heavy atom. The fourth-order valence-corrected chi connectivity index (χ4v) is 2.43. The second-order valence-electron chi connectivity index (χ2n) is 4.66. The first-order valence-corrected chi connectivity index (χ1v) is 6.47. The van der Waals surface area contributed by atoms with Gasteiger partial charge in [0, 0.05) is 18.7 Å². The summed E-state index contributed by atoms with van der Waals surface area (Å²) in [5, 5.41) is 0. The van der Waals surface area contributed by atoms with Gasteiger partial charge >= 0.3 is 0 Å². The third-order valence-corrected chi connectivity index (χ3v) is 3.40. The lowest BCUT2D eigenvalue weighted by atomic mass is 9.92. The molecule has 0 spiro atoms. The van der Waals surface area contributed by atoms with Crippen LogP contribution in [0.15, 0.2) is 35.3 Å². The van der Waals surface area contributed by atoms with Gasteiger partial charge in [0.2, 0.25) is 0 Å². The Morgan fingerprint density at radius 2 is 2.00 bits per heavy atom. The van der Waals surface area contributed by atoms with E-state index in [2.05, 4.69) is 42.2 Å². The molecule has 1 unspecified atom stereocenters. The van der Waals surface area contributed by atoms with E-state index in [0.29, 0.717) is 0 Å². The molecule has 1 aliphatic heterocycles. The van der Waals surface area contributed by atoms with Crippen molar-refractivity contribution in [3.63, 3.8) is 0 Å². The number of rotatable bonds is 5. The largest absolute Gasteiger partial charge is 0.293 e. The van der Waals surface area contributed by atoms with Gasteiger partial charge in [-0.1, -0.05) is 50.1 Å². The van der Waals surface area contributed by atoms with Gasteiger partial charge in [-0.2, -0.15) is 0 Å². The summed E-state index contributed by atoms with van der Waals surface area (Å²) in [5.41, 5.74) is 2.85. The average Bonchev–Trinajstić information content (AvgIpc) is 2.75. The van der Waals surface area contributed by atoms with Crippen molar-refractivity contribution in [1.82, 2.24) is 0 Å². The third-order valence-electron chi connectivity index (χ3n) is 3.40. The minimum absolute atomic E-state index is 0. The van der Waals surface area contributed by atoms with Gasteiger partial charge in [0.25, 0.3) is 0 Å². The Hall–Kier alpha value is -0.380. The van der Waals surface area contributed by atoms with Gasteiger partial charge in [0.15, 0.2) is 0 Å². The highest BCUT2D eigenvalue weighted by Crippen LogP contribution is 2.22. The third kappa shape index (κ3) is 4.41. The molecule has 0 aliphatic carbocycles. The van der Waals surface area contributed by atoms with E-state index in [0.717, 1.165) is 18.9 Å². The number of benzene rings is 1. The molecule has 1 aliphatic rings. The molecule has 0 aromatic heterocycles. The number of halogens is 1. The van der Waals surface area contributed by atoms with E-state index in [1.54, 1.807) is 0 Å². The molecular formula is C15H22IN. The number of hydrogen-bond donors (Lipinski definition) is 0. The molecular weight excluding hydrogens is 321 g/mol. The van der Waals surface area contributed by atoms with E-state index in [1.807, 2.05) is 0 Å². The predicted molar refractivity (Wildman–Crippen MR) is 85.5 cm³/mol. The lowest BCUT2D eigenvalue weighted by Crippen LogP contribution is -2.12. The van der Waals surface area contributed by atoms with E-state index in [9.17, 15) is 0 Å². The standard InChI is InChI=1S/C15H21N.HI/c1-2-3-9-14-10-11-16-15(14)12-13-7-5-4-6-8-13;/h4-8,14H,2-3,9-12H2,1H3;1H. The van der Waals surface area contributed by atoms with E-state index >= 15 is 0 Å². The summed E-state index contributed by atoms with van der Waals surface area (Å²) in [6.07, 6.45) is 6.33. The van der Waals surface area contributed by atoms with Gasteiger partial charge < -0.3 is 0 Å². The van der Waals surface area contributed by atoms with Gasteiger partial charge in [-0.05, 0) is 24.3 Å². The average molecular weight is 343 g/mol. The molecule has 0 radical (unpaired) electrons. The zero-order chi connectivity index (χ0) is 11.2. The molecule has 0 amide bonds. The molecule has 1 aromatic carbocycles. The van der Waals surface area contributed by atoms with E-state index < -0.39 is 0 Å². The predicted octanol–water partition coefficient (Wildman–Crippen LogP) is 4.50. The molecule has 2 rings (SSSR count). The van der Waals surface area contributed by atoms with Crippen LogP contribution in [-0.4, -0.2) is 12.3 Å². The molecule has 1 aromatic rings. The molecule has 0 N–H and O–H groups in total. The maximum Gasteiger partial charge on any atom is 0.0395 e. The van der Waals surface area contributed by atoms with Gasteiger partial charge in [0.05, 0.1) is 0 Å². The summed E-state index contributed by atoms with van der Waals surface area (Å²) < 4.78 is 0. The summed E-state index contributed by atoms with van der Waals surface area (Å²) in [4.78, 5) is 4.68. The van der Waals surface area contributed by atoms with Crippen LogP contribution < -0.4 is 0 Å². The normalized spacial score (nSPS) is 18.6. The second-order valence-corrected chi connectivity index (χ2v) is 4.66. The highest BCUT2D eigenvalue weighted by Gasteiger charge is 2.20. The Balaban J connectivity index is 0.00000144. The van der Waals surface area contributed by atoms with Crippen molar-refractivity contribution in [3.05, 3.63) is 35.9 Å². The van der Waals surface area contributed by atoms with Crippen molar-refractivity contribution in [2.45, 2.75) is 39.0 Å². The Bertz CT molecular complexity index is 345. The Labute approximate surface area is 122 Å². The van der Waals surface area contributed by atoms with Crippen molar-refractivity contribution in [2.75, 3.05) is 6.54 Å². The van der Waals surface area contributed by atoms with Crippen LogP contribution in [0.5, 0.6) is 0 Å².